The molecule has 0 N–H and O–H groups in total. The van der Waals surface area contributed by atoms with Crippen molar-refractivity contribution in [2.45, 2.75) is 23.7 Å². The van der Waals surface area contributed by atoms with Crippen molar-refractivity contribution in [3.63, 3.8) is 0 Å². The molecule has 6 heteroatoms. The van der Waals surface area contributed by atoms with E-state index in [2.05, 4.69) is 528 Å². The highest BCUT2D eigenvalue weighted by Crippen LogP contribution is 2.61. The molecule has 31 rings (SSSR count). The Labute approximate surface area is 791 Å². The second-order valence-corrected chi connectivity index (χ2v) is 45.0. The molecule has 0 radical (unpaired) electrons. The third-order valence-corrected chi connectivity index (χ3v) is 40.5. The van der Waals surface area contributed by atoms with Gasteiger partial charge in [-0.15, -0.1) is 0 Å². The minimum atomic E-state index is -2.82. The van der Waals surface area contributed by atoms with Crippen LogP contribution in [0.4, 0.5) is 0 Å². The smallest absolute Gasteiger partial charge is 0.179 e. The normalized spacial score (nSPS) is 14.9. The van der Waals surface area contributed by atoms with Crippen molar-refractivity contribution in [2.24, 2.45) is 0 Å². The topological polar surface area (TPSA) is 19.7 Å². The van der Waals surface area contributed by atoms with Crippen LogP contribution in [-0.4, -0.2) is 34.4 Å². The number of benzene rings is 21. The summed E-state index contributed by atoms with van der Waals surface area (Å²) in [6.45, 7) is 0. The summed E-state index contributed by atoms with van der Waals surface area (Å²) in [5.41, 5.74) is 34.3. The highest BCUT2D eigenvalue weighted by atomic mass is 28.3. The van der Waals surface area contributed by atoms with Gasteiger partial charge in [0, 0.05) is 89.5 Å². The second-order valence-electron chi connectivity index (χ2n) is 37.4. The molecule has 0 amide bonds. The Morgan fingerprint density at radius 2 is 0.382 bits per heavy atom. The van der Waals surface area contributed by atoms with E-state index in [0.717, 1.165) is 11.4 Å². The highest BCUT2D eigenvalue weighted by Gasteiger charge is 2.47. The van der Waals surface area contributed by atoms with Crippen LogP contribution in [0.15, 0.2) is 510 Å². The summed E-state index contributed by atoms with van der Waals surface area (Å²) in [7, 11) is -5.48. The van der Waals surface area contributed by atoms with E-state index in [9.17, 15) is 0 Å². The van der Waals surface area contributed by atoms with Crippen LogP contribution in [0.3, 0.4) is 0 Å². The van der Waals surface area contributed by atoms with Gasteiger partial charge in [-0.25, -0.2) is 0 Å². The first kappa shape index (κ1) is 78.0. The molecule has 0 saturated heterocycles. The van der Waals surface area contributed by atoms with Crippen LogP contribution in [0.1, 0.15) is 90.4 Å². The van der Waals surface area contributed by atoms with Crippen molar-refractivity contribution >= 4 is 145 Å². The lowest BCUT2D eigenvalue weighted by Crippen LogP contribution is -2.74. The Morgan fingerprint density at radius 3 is 0.735 bits per heavy atom. The maximum absolute atomic E-state index is 2.82. The third-order valence-electron chi connectivity index (χ3n) is 30.9. The molecule has 4 nitrogen and oxygen atoms in total. The maximum atomic E-state index is 2.52. The molecule has 4 bridgehead atoms. The number of fused-ring (bicyclic) bond motifs is 12. The van der Waals surface area contributed by atoms with E-state index in [-0.39, 0.29) is 23.7 Å². The van der Waals surface area contributed by atoms with E-state index >= 15 is 0 Å². The number of rotatable bonds is 13. The van der Waals surface area contributed by atoms with Gasteiger partial charge in [-0.1, -0.05) is 413 Å². The van der Waals surface area contributed by atoms with Gasteiger partial charge in [0.2, 0.25) is 0 Å². The Bertz CT molecular complexity index is 8880. The quantitative estimate of drug-likeness (QED) is 0.0810. The molecule has 136 heavy (non-hydrogen) atoms. The zero-order valence-electron chi connectivity index (χ0n) is 74.6. The van der Waals surface area contributed by atoms with Gasteiger partial charge in [-0.2, -0.15) is 0 Å². The van der Waals surface area contributed by atoms with E-state index in [1.165, 1.54) is 218 Å². The lowest BCUT2D eigenvalue weighted by molar-refractivity contribution is 0.761. The van der Waals surface area contributed by atoms with Gasteiger partial charge in [0.05, 0.1) is 44.1 Å². The Morgan fingerprint density at radius 1 is 0.140 bits per heavy atom. The fourth-order valence-electron chi connectivity index (χ4n) is 25.5. The zero-order chi connectivity index (χ0) is 89.3. The van der Waals surface area contributed by atoms with E-state index < -0.39 is 16.1 Å². The van der Waals surface area contributed by atoms with Crippen molar-refractivity contribution in [1.82, 2.24) is 18.3 Å². The van der Waals surface area contributed by atoms with Crippen molar-refractivity contribution in [1.29, 1.82) is 0 Å². The van der Waals surface area contributed by atoms with Gasteiger partial charge in [0.25, 0.3) is 0 Å². The standard InChI is InChI=1S/C68H46N2Si.C62H42N2Si/c1-4-19-45(20-5-1)46-21-18-26-52(43-46)71(49-22-6-2-7-23-49,50-24-8-3-9-25-50)51-38-35-47(36-39-51)69-61-33-16-14-27-53(61)60-44-48(37-41-63(60)69)70-62-34-17-15-32-58(62)67-64(70)42-40-59-65-54-28-10-12-30-56(54)66(68(59)67)57-31-13-11-29-55(57)65;1-4-18-43(19-5-1)65(44-20-6-2-7-21-44,45-22-8-3-9-23-45)46-35-32-41(33-36-46)63-55-30-16-14-24-47(55)54-40-42(34-38-57(54)63)64-56-31-17-15-29-52(56)61-58(64)39-37-53-59-48-25-10-12-27-50(48)60(62(53)61)51-28-13-11-26-49(51)59/h1-44,65-66H;1-40,59-60H. The number of hydrogen-bond acceptors (Lipinski definition) is 0. The van der Waals surface area contributed by atoms with Crippen LogP contribution in [0.25, 0.3) is 121 Å². The first-order valence-electron chi connectivity index (χ1n) is 47.7. The van der Waals surface area contributed by atoms with E-state index in [4.69, 9.17) is 0 Å². The molecule has 0 saturated carbocycles. The molecule has 4 heterocycles. The Balaban J connectivity index is 0.000000135. The summed E-state index contributed by atoms with van der Waals surface area (Å²) < 4.78 is 9.97. The van der Waals surface area contributed by atoms with Crippen LogP contribution in [0.2, 0.25) is 0 Å². The molecule has 0 atom stereocenters. The summed E-state index contributed by atoms with van der Waals surface area (Å²) in [6.07, 6.45) is 0. The molecule has 0 spiro atoms. The predicted octanol–water partition coefficient (Wildman–Crippen LogP) is 26.2. The second kappa shape index (κ2) is 30.9. The zero-order valence-corrected chi connectivity index (χ0v) is 76.6. The largest absolute Gasteiger partial charge is 0.309 e. The molecule has 636 valence electrons. The molecule has 0 aliphatic heterocycles. The van der Waals surface area contributed by atoms with Gasteiger partial charge in [0.15, 0.2) is 16.1 Å². The van der Waals surface area contributed by atoms with Gasteiger partial charge in [-0.05, 0) is 216 Å². The molecule has 6 aliphatic rings. The number of hydrogen-bond donors (Lipinski definition) is 0. The van der Waals surface area contributed by atoms with Crippen LogP contribution < -0.4 is 41.5 Å². The average molecular weight is 1760 g/mol. The first-order valence-corrected chi connectivity index (χ1v) is 51.7. The summed E-state index contributed by atoms with van der Waals surface area (Å²) in [6, 6.07) is 192. The van der Waals surface area contributed by atoms with Crippen LogP contribution in [-0.2, 0) is 0 Å². The fourth-order valence-corrected chi connectivity index (χ4v) is 35.0. The fraction of sp³-hybridized carbons (Fsp3) is 0.0308. The highest BCUT2D eigenvalue weighted by molar-refractivity contribution is 7.20. The molecular formula is C130H88N4Si2. The van der Waals surface area contributed by atoms with Crippen molar-refractivity contribution < 1.29 is 0 Å². The molecule has 25 aromatic rings. The minimum absolute atomic E-state index is 0.185. The molecule has 0 unspecified atom stereocenters. The number of nitrogens with zero attached hydrogens (tertiary/aromatic N) is 4. The first-order chi connectivity index (χ1) is 67.5. The Hall–Kier alpha value is -16.7. The van der Waals surface area contributed by atoms with E-state index in [0.29, 0.717) is 0 Å². The predicted molar refractivity (Wildman–Crippen MR) is 572 cm³/mol. The van der Waals surface area contributed by atoms with Crippen LogP contribution >= 0.6 is 0 Å². The van der Waals surface area contributed by atoms with Gasteiger partial charge >= 0.3 is 0 Å². The average Bonchev–Trinajstić information content (AvgIpc) is 1.15. The van der Waals surface area contributed by atoms with Gasteiger partial charge < -0.3 is 18.3 Å². The number of para-hydroxylation sites is 4. The molecule has 21 aromatic carbocycles. The molecular weight excluding hydrogens is 1670 g/mol. The lowest BCUT2D eigenvalue weighted by Gasteiger charge is -2.42. The van der Waals surface area contributed by atoms with Gasteiger partial charge in [-0.3, -0.25) is 0 Å². The maximum Gasteiger partial charge on any atom is 0.179 e. The van der Waals surface area contributed by atoms with Crippen LogP contribution in [0, 0.1) is 0 Å². The minimum Gasteiger partial charge on any atom is -0.309 e. The summed E-state index contributed by atoms with van der Waals surface area (Å²) >= 11 is 0. The lowest BCUT2D eigenvalue weighted by atomic mass is 9.60. The molecule has 6 aliphatic carbocycles. The number of aromatic nitrogens is 4. The van der Waals surface area contributed by atoms with Crippen molar-refractivity contribution in [3.05, 3.63) is 576 Å². The summed E-state index contributed by atoms with van der Waals surface area (Å²) in [5, 5.41) is 21.3. The monoisotopic (exact) mass is 1760 g/mol. The molecule has 0 fully saturated rings. The van der Waals surface area contributed by atoms with Crippen molar-refractivity contribution in [3.8, 4) is 33.9 Å². The summed E-state index contributed by atoms with van der Waals surface area (Å²) in [4.78, 5) is 0. The molecule has 4 aromatic heterocycles. The van der Waals surface area contributed by atoms with Crippen molar-refractivity contribution in [2.75, 3.05) is 0 Å². The SMILES string of the molecule is c1ccc(-c2cccc([Si](c3ccccc3)(c3ccccc3)c3ccc(-n4c5ccccc5c5cc(-n6c7ccccc7c7c8c(ccc76)C6c7ccccc7C8c7ccccc76)ccc54)cc3)c2)cc1.c1ccc([Si](c2ccccc2)(c2ccccc2)c2ccc(-n3c4ccccc4c4cc(-n5c6ccccc6c6c7c(ccc65)C5c6ccccc6C7c6ccccc65)ccc43)cc2)cc1. The third kappa shape index (κ3) is 11.4. The van der Waals surface area contributed by atoms with E-state index in [1.807, 2.05) is 0 Å². The Kier molecular flexibility index (Phi) is 17.7. The van der Waals surface area contributed by atoms with E-state index in [1.54, 1.807) is 0 Å². The summed E-state index contributed by atoms with van der Waals surface area (Å²) in [5.74, 6) is 0.842. The van der Waals surface area contributed by atoms with Gasteiger partial charge in [0.1, 0.15) is 0 Å². The van der Waals surface area contributed by atoms with Crippen LogP contribution in [0.5, 0.6) is 0 Å².